The van der Waals surface area contributed by atoms with Gasteiger partial charge in [0.25, 0.3) is 5.91 Å². The predicted molar refractivity (Wildman–Crippen MR) is 109 cm³/mol. The summed E-state index contributed by atoms with van der Waals surface area (Å²) in [6.07, 6.45) is 3.64. The molecule has 0 aliphatic carbocycles. The van der Waals surface area contributed by atoms with Gasteiger partial charge in [0.1, 0.15) is 0 Å². The summed E-state index contributed by atoms with van der Waals surface area (Å²) in [5.74, 6) is 0.391. The van der Waals surface area contributed by atoms with Crippen molar-refractivity contribution < 1.29 is 9.59 Å². The Morgan fingerprint density at radius 1 is 1.07 bits per heavy atom. The standard InChI is InChI=1S/C21H23N5O2/c1-4-19(27)24-15-8-7-9-16(12-15)25-21(28)17-13-23-26(20(17)14(2)3)18-10-5-6-11-22-18/h5-14H,4H2,1-3H3,(H,24,27)(H,25,28). The summed E-state index contributed by atoms with van der Waals surface area (Å²) >= 11 is 0. The lowest BCUT2D eigenvalue weighted by Gasteiger charge is -2.13. The fraction of sp³-hybridized carbons (Fsp3) is 0.238. The van der Waals surface area contributed by atoms with Gasteiger partial charge in [-0.3, -0.25) is 9.59 Å². The SMILES string of the molecule is CCC(=O)Nc1cccc(NC(=O)c2cnn(-c3ccccn3)c2C(C)C)c1. The number of anilines is 2. The number of hydrogen-bond acceptors (Lipinski definition) is 4. The topological polar surface area (TPSA) is 88.9 Å². The van der Waals surface area contributed by atoms with Gasteiger partial charge < -0.3 is 10.6 Å². The van der Waals surface area contributed by atoms with Crippen LogP contribution >= 0.6 is 0 Å². The highest BCUT2D eigenvalue weighted by atomic mass is 16.2. The first kappa shape index (κ1) is 19.3. The summed E-state index contributed by atoms with van der Waals surface area (Å²) in [7, 11) is 0. The average molecular weight is 377 g/mol. The number of rotatable bonds is 6. The number of benzene rings is 1. The van der Waals surface area contributed by atoms with Gasteiger partial charge in [-0.1, -0.05) is 32.9 Å². The molecule has 7 nitrogen and oxygen atoms in total. The maximum atomic E-state index is 12.9. The molecule has 0 atom stereocenters. The number of amides is 2. The normalized spacial score (nSPS) is 10.7. The molecule has 2 N–H and O–H groups in total. The minimum Gasteiger partial charge on any atom is -0.326 e. The molecular weight excluding hydrogens is 354 g/mol. The lowest BCUT2D eigenvalue weighted by molar-refractivity contribution is -0.115. The van der Waals surface area contributed by atoms with E-state index in [4.69, 9.17) is 0 Å². The first-order valence-electron chi connectivity index (χ1n) is 9.20. The summed E-state index contributed by atoms with van der Waals surface area (Å²) in [5, 5.41) is 10.0. The Morgan fingerprint density at radius 2 is 1.82 bits per heavy atom. The molecule has 0 spiro atoms. The van der Waals surface area contributed by atoms with Gasteiger partial charge in [-0.15, -0.1) is 0 Å². The molecule has 0 unspecified atom stereocenters. The molecule has 3 rings (SSSR count). The molecule has 0 saturated carbocycles. The van der Waals surface area contributed by atoms with E-state index in [1.807, 2.05) is 32.0 Å². The minimum atomic E-state index is -0.259. The fourth-order valence-electron chi connectivity index (χ4n) is 2.87. The van der Waals surface area contributed by atoms with Crippen LogP contribution in [0.2, 0.25) is 0 Å². The first-order chi connectivity index (χ1) is 13.5. The molecule has 0 fully saturated rings. The van der Waals surface area contributed by atoms with Crippen molar-refractivity contribution in [2.45, 2.75) is 33.1 Å². The van der Waals surface area contributed by atoms with Crippen LogP contribution in [0.15, 0.2) is 54.9 Å². The number of pyridine rings is 1. The Labute approximate surface area is 163 Å². The molecule has 28 heavy (non-hydrogen) atoms. The lowest BCUT2D eigenvalue weighted by Crippen LogP contribution is -2.16. The van der Waals surface area contributed by atoms with Crippen LogP contribution in [0.5, 0.6) is 0 Å². The van der Waals surface area contributed by atoms with Crippen molar-refractivity contribution in [3.05, 3.63) is 66.1 Å². The van der Waals surface area contributed by atoms with Crippen LogP contribution in [0.3, 0.4) is 0 Å². The minimum absolute atomic E-state index is 0.0698. The van der Waals surface area contributed by atoms with Crippen molar-refractivity contribution in [3.63, 3.8) is 0 Å². The summed E-state index contributed by atoms with van der Waals surface area (Å²) in [5.41, 5.74) is 2.51. The summed E-state index contributed by atoms with van der Waals surface area (Å²) < 4.78 is 1.69. The fourth-order valence-corrected chi connectivity index (χ4v) is 2.87. The third kappa shape index (κ3) is 4.25. The number of carbonyl (C=O) groups excluding carboxylic acids is 2. The Balaban J connectivity index is 1.86. The van der Waals surface area contributed by atoms with Crippen LogP contribution in [0.1, 0.15) is 49.2 Å². The Hall–Kier alpha value is -3.48. The number of nitrogens with one attached hydrogen (secondary N) is 2. The van der Waals surface area contributed by atoms with Crippen molar-refractivity contribution >= 4 is 23.2 Å². The lowest BCUT2D eigenvalue weighted by atomic mass is 10.1. The highest BCUT2D eigenvalue weighted by Gasteiger charge is 2.21. The molecule has 0 saturated heterocycles. The van der Waals surface area contributed by atoms with Crippen molar-refractivity contribution in [2.24, 2.45) is 0 Å². The quantitative estimate of drug-likeness (QED) is 0.680. The molecular formula is C21H23N5O2. The second-order valence-electron chi connectivity index (χ2n) is 6.63. The predicted octanol–water partition coefficient (Wildman–Crippen LogP) is 3.99. The van der Waals surface area contributed by atoms with Gasteiger partial charge in [-0.25, -0.2) is 9.67 Å². The third-order valence-electron chi connectivity index (χ3n) is 4.19. The molecule has 2 amide bonds. The van der Waals surface area contributed by atoms with Crippen molar-refractivity contribution in [3.8, 4) is 5.82 Å². The summed E-state index contributed by atoms with van der Waals surface area (Å²) in [6.45, 7) is 5.80. The molecule has 144 valence electrons. The zero-order valence-corrected chi connectivity index (χ0v) is 16.1. The molecule has 2 aromatic heterocycles. The van der Waals surface area contributed by atoms with E-state index in [0.717, 1.165) is 5.69 Å². The maximum absolute atomic E-state index is 12.9. The van der Waals surface area contributed by atoms with E-state index in [2.05, 4.69) is 20.7 Å². The Bertz CT molecular complexity index is 979. The zero-order chi connectivity index (χ0) is 20.1. The number of nitrogens with zero attached hydrogens (tertiary/aromatic N) is 3. The molecule has 2 heterocycles. The monoisotopic (exact) mass is 377 g/mol. The van der Waals surface area contributed by atoms with Crippen LogP contribution in [-0.4, -0.2) is 26.6 Å². The van der Waals surface area contributed by atoms with Crippen LogP contribution < -0.4 is 10.6 Å². The molecule has 0 aliphatic rings. The first-order valence-corrected chi connectivity index (χ1v) is 9.20. The van der Waals surface area contributed by atoms with E-state index in [1.54, 1.807) is 48.3 Å². The molecule has 3 aromatic rings. The highest BCUT2D eigenvalue weighted by Crippen LogP contribution is 2.24. The van der Waals surface area contributed by atoms with Gasteiger partial charge in [0.15, 0.2) is 5.82 Å². The van der Waals surface area contributed by atoms with E-state index in [9.17, 15) is 9.59 Å². The summed E-state index contributed by atoms with van der Waals surface area (Å²) in [4.78, 5) is 28.8. The summed E-state index contributed by atoms with van der Waals surface area (Å²) in [6, 6.07) is 12.6. The van der Waals surface area contributed by atoms with E-state index in [0.29, 0.717) is 29.2 Å². The van der Waals surface area contributed by atoms with Crippen LogP contribution in [0, 0.1) is 0 Å². The Kier molecular flexibility index (Phi) is 5.84. The molecule has 0 bridgehead atoms. The average Bonchev–Trinajstić information content (AvgIpc) is 3.14. The highest BCUT2D eigenvalue weighted by molar-refractivity contribution is 6.05. The third-order valence-corrected chi connectivity index (χ3v) is 4.19. The van der Waals surface area contributed by atoms with Gasteiger partial charge in [-0.2, -0.15) is 5.10 Å². The molecule has 0 radical (unpaired) electrons. The van der Waals surface area contributed by atoms with Crippen LogP contribution in [0.4, 0.5) is 11.4 Å². The number of hydrogen-bond donors (Lipinski definition) is 2. The second-order valence-corrected chi connectivity index (χ2v) is 6.63. The Morgan fingerprint density at radius 3 is 2.46 bits per heavy atom. The van der Waals surface area contributed by atoms with Crippen molar-refractivity contribution in [1.29, 1.82) is 0 Å². The van der Waals surface area contributed by atoms with E-state index < -0.39 is 0 Å². The van der Waals surface area contributed by atoms with Gasteiger partial charge >= 0.3 is 0 Å². The number of carbonyl (C=O) groups is 2. The van der Waals surface area contributed by atoms with Crippen molar-refractivity contribution in [1.82, 2.24) is 14.8 Å². The van der Waals surface area contributed by atoms with Crippen LogP contribution in [0.25, 0.3) is 5.82 Å². The van der Waals surface area contributed by atoms with Gasteiger partial charge in [0.2, 0.25) is 5.91 Å². The van der Waals surface area contributed by atoms with E-state index in [-0.39, 0.29) is 17.7 Å². The maximum Gasteiger partial charge on any atom is 0.259 e. The van der Waals surface area contributed by atoms with Crippen LogP contribution in [-0.2, 0) is 4.79 Å². The van der Waals surface area contributed by atoms with E-state index >= 15 is 0 Å². The van der Waals surface area contributed by atoms with Crippen molar-refractivity contribution in [2.75, 3.05) is 10.6 Å². The van der Waals surface area contributed by atoms with Gasteiger partial charge in [-0.05, 0) is 36.2 Å². The largest absolute Gasteiger partial charge is 0.326 e. The molecule has 7 heteroatoms. The smallest absolute Gasteiger partial charge is 0.259 e. The zero-order valence-electron chi connectivity index (χ0n) is 16.1. The van der Waals surface area contributed by atoms with Gasteiger partial charge in [0.05, 0.1) is 17.5 Å². The second kappa shape index (κ2) is 8.47. The molecule has 1 aromatic carbocycles. The number of aromatic nitrogens is 3. The molecule has 0 aliphatic heterocycles. The van der Waals surface area contributed by atoms with E-state index in [1.165, 1.54) is 0 Å². The van der Waals surface area contributed by atoms with Gasteiger partial charge in [0, 0.05) is 24.0 Å².